The number of fused-ring (bicyclic) bond motifs is 1. The fourth-order valence-corrected chi connectivity index (χ4v) is 5.40. The first-order chi connectivity index (χ1) is 15.3. The van der Waals surface area contributed by atoms with Gasteiger partial charge < -0.3 is 36.1 Å². The van der Waals surface area contributed by atoms with E-state index in [1.54, 1.807) is 0 Å². The Labute approximate surface area is 189 Å². The Morgan fingerprint density at radius 2 is 1.91 bits per heavy atom. The lowest BCUT2D eigenvalue weighted by molar-refractivity contribution is -0.145. The second-order valence-corrected chi connectivity index (χ2v) is 9.27. The Morgan fingerprint density at radius 3 is 2.66 bits per heavy atom. The lowest BCUT2D eigenvalue weighted by Gasteiger charge is -2.16. The van der Waals surface area contributed by atoms with Gasteiger partial charge >= 0.3 is 12.0 Å². The van der Waals surface area contributed by atoms with E-state index in [1.165, 1.54) is 0 Å². The van der Waals surface area contributed by atoms with Crippen LogP contribution in [-0.4, -0.2) is 67.6 Å². The molecule has 32 heavy (non-hydrogen) atoms. The van der Waals surface area contributed by atoms with Crippen molar-refractivity contribution < 1.29 is 34.5 Å². The van der Waals surface area contributed by atoms with Crippen molar-refractivity contribution >= 4 is 29.7 Å². The minimum Gasteiger partial charge on any atom is -0.503 e. The number of amides is 3. The summed E-state index contributed by atoms with van der Waals surface area (Å²) in [4.78, 5) is 39.9. The van der Waals surface area contributed by atoms with E-state index >= 15 is 0 Å². The maximum atomic E-state index is 11.9. The molecule has 12 heteroatoms. The van der Waals surface area contributed by atoms with Crippen LogP contribution in [0.25, 0.3) is 0 Å². The van der Waals surface area contributed by atoms with Gasteiger partial charge in [-0.25, -0.2) is 9.59 Å². The Kier molecular flexibility index (Phi) is 8.37. The van der Waals surface area contributed by atoms with Gasteiger partial charge in [-0.2, -0.15) is 11.8 Å². The fourth-order valence-electron chi connectivity index (χ4n) is 3.86. The molecule has 2 aliphatic rings. The third-order valence-corrected chi connectivity index (χ3v) is 7.06. The quantitative estimate of drug-likeness (QED) is 0.194. The number of hydrogen-bond acceptors (Lipinski definition) is 8. The van der Waals surface area contributed by atoms with Crippen LogP contribution in [0.4, 0.5) is 4.79 Å². The first-order valence-electron chi connectivity index (χ1n) is 10.8. The Bertz CT molecular complexity index is 831. The number of hydrogen-bond donors (Lipinski definition) is 6. The van der Waals surface area contributed by atoms with E-state index in [2.05, 4.69) is 16.0 Å². The Morgan fingerprint density at radius 1 is 1.12 bits per heavy atom. The summed E-state index contributed by atoms with van der Waals surface area (Å²) in [6.07, 6.45) is 5.21. The molecule has 6 N–H and O–H groups in total. The third-order valence-electron chi connectivity index (χ3n) is 5.55. The summed E-state index contributed by atoms with van der Waals surface area (Å²) in [5, 5.41) is 37.3. The van der Waals surface area contributed by atoms with Gasteiger partial charge in [-0.1, -0.05) is 12.8 Å². The van der Waals surface area contributed by atoms with Crippen molar-refractivity contribution in [2.75, 3.05) is 12.3 Å². The summed E-state index contributed by atoms with van der Waals surface area (Å²) in [6, 6.07) is 1.21. The number of carbonyl (C=O) groups excluding carboxylic acids is 3. The van der Waals surface area contributed by atoms with Crippen molar-refractivity contribution in [1.82, 2.24) is 20.7 Å². The third kappa shape index (κ3) is 6.38. The molecule has 1 aromatic rings. The average Bonchev–Trinajstić information content (AvgIpc) is 3.37. The van der Waals surface area contributed by atoms with Crippen LogP contribution in [0.2, 0.25) is 0 Å². The lowest BCUT2D eigenvalue weighted by Crippen LogP contribution is -2.36. The maximum Gasteiger partial charge on any atom is 0.333 e. The summed E-state index contributed by atoms with van der Waals surface area (Å²) in [7, 11) is 0. The zero-order valence-electron chi connectivity index (χ0n) is 17.7. The zero-order chi connectivity index (χ0) is 23.1. The van der Waals surface area contributed by atoms with Crippen molar-refractivity contribution in [3.8, 4) is 17.5 Å². The van der Waals surface area contributed by atoms with Gasteiger partial charge in [-0.05, 0) is 25.7 Å². The molecular formula is C20H30N4O7S. The van der Waals surface area contributed by atoms with Gasteiger partial charge in [0.05, 0.1) is 12.1 Å². The molecule has 0 bridgehead atoms. The number of aromatic nitrogens is 1. The van der Waals surface area contributed by atoms with E-state index in [4.69, 9.17) is 4.84 Å². The summed E-state index contributed by atoms with van der Waals surface area (Å²) in [5.41, 5.74) is 0. The van der Waals surface area contributed by atoms with Gasteiger partial charge in [-0.3, -0.25) is 4.79 Å². The molecule has 2 aliphatic heterocycles. The molecule has 2 saturated heterocycles. The van der Waals surface area contributed by atoms with E-state index in [1.807, 2.05) is 11.8 Å². The number of aromatic hydroxyl groups is 3. The molecule has 3 amide bonds. The molecule has 3 heterocycles. The molecular weight excluding hydrogens is 440 g/mol. The molecule has 1 aromatic heterocycles. The van der Waals surface area contributed by atoms with Crippen LogP contribution in [0.15, 0.2) is 6.07 Å². The molecule has 0 saturated carbocycles. The number of nitrogens with zero attached hydrogens (tertiary/aromatic N) is 1. The number of thioether (sulfide) groups is 1. The van der Waals surface area contributed by atoms with Crippen molar-refractivity contribution in [2.24, 2.45) is 0 Å². The summed E-state index contributed by atoms with van der Waals surface area (Å²) in [5.74, 6) is -1.62. The van der Waals surface area contributed by atoms with Crippen molar-refractivity contribution in [3.05, 3.63) is 6.07 Å². The van der Waals surface area contributed by atoms with E-state index < -0.39 is 23.5 Å². The molecule has 178 valence electrons. The number of unbranched alkanes of at least 4 members (excludes halogenated alkanes) is 3. The van der Waals surface area contributed by atoms with Crippen LogP contribution in [0.5, 0.6) is 17.5 Å². The normalized spacial score (nSPS) is 21.6. The van der Waals surface area contributed by atoms with E-state index in [-0.39, 0.29) is 30.4 Å². The predicted molar refractivity (Wildman–Crippen MR) is 116 cm³/mol. The van der Waals surface area contributed by atoms with Crippen LogP contribution >= 0.6 is 11.8 Å². The van der Waals surface area contributed by atoms with Crippen LogP contribution < -0.4 is 20.8 Å². The molecule has 2 fully saturated rings. The minimum absolute atomic E-state index is 0.00978. The van der Waals surface area contributed by atoms with Crippen LogP contribution in [0.1, 0.15) is 51.4 Å². The standard InChI is InChI=1S/C20H30N4O7S/c25-13-10-16(27)24(19(13)29)31-17(28)8-2-1-5-9-21-15(26)7-4-3-6-14-18-12(11-32-14)22-20(30)23-18/h10,12,14,18,25,27,29H,1-9,11H2,(H,21,26)(H2,22,23,30)/t12-,14-,18-/m0/s1. The molecule has 11 nitrogen and oxygen atoms in total. The smallest absolute Gasteiger partial charge is 0.333 e. The van der Waals surface area contributed by atoms with Gasteiger partial charge in [0.25, 0.3) is 5.88 Å². The van der Waals surface area contributed by atoms with Gasteiger partial charge in [-0.15, -0.1) is 4.73 Å². The van der Waals surface area contributed by atoms with Crippen LogP contribution in [0, 0.1) is 0 Å². The van der Waals surface area contributed by atoms with E-state index in [9.17, 15) is 29.7 Å². The van der Waals surface area contributed by atoms with Crippen molar-refractivity contribution in [2.45, 2.75) is 68.7 Å². The maximum absolute atomic E-state index is 11.9. The fraction of sp³-hybridized carbons (Fsp3) is 0.650. The molecule has 0 aliphatic carbocycles. The summed E-state index contributed by atoms with van der Waals surface area (Å²) >= 11 is 1.87. The highest BCUT2D eigenvalue weighted by atomic mass is 32.2. The molecule has 3 atom stereocenters. The number of rotatable bonds is 12. The first kappa shape index (κ1) is 23.9. The lowest BCUT2D eigenvalue weighted by atomic mass is 10.0. The summed E-state index contributed by atoms with van der Waals surface area (Å²) < 4.78 is 0.461. The monoisotopic (exact) mass is 470 g/mol. The van der Waals surface area contributed by atoms with Gasteiger partial charge in [0.1, 0.15) is 0 Å². The minimum atomic E-state index is -0.743. The number of nitrogens with one attached hydrogen (secondary N) is 3. The highest BCUT2D eigenvalue weighted by Crippen LogP contribution is 2.33. The Balaban J connectivity index is 1.17. The second kappa shape index (κ2) is 11.2. The molecule has 3 rings (SSSR count). The Hall–Kier alpha value is -2.76. The zero-order valence-corrected chi connectivity index (χ0v) is 18.5. The van der Waals surface area contributed by atoms with Crippen LogP contribution in [-0.2, 0) is 9.59 Å². The molecule has 0 unspecified atom stereocenters. The van der Waals surface area contributed by atoms with Crippen molar-refractivity contribution in [1.29, 1.82) is 0 Å². The molecule has 0 radical (unpaired) electrons. The molecule has 0 aromatic carbocycles. The average molecular weight is 471 g/mol. The predicted octanol–water partition coefficient (Wildman–Crippen LogP) is 0.962. The van der Waals surface area contributed by atoms with Gasteiger partial charge in [0, 0.05) is 36.5 Å². The highest BCUT2D eigenvalue weighted by Gasteiger charge is 2.42. The second-order valence-electron chi connectivity index (χ2n) is 8.00. The summed E-state index contributed by atoms with van der Waals surface area (Å²) in [6.45, 7) is 0.529. The topological polar surface area (TPSA) is 162 Å². The van der Waals surface area contributed by atoms with Gasteiger partial charge in [0.15, 0.2) is 5.75 Å². The van der Waals surface area contributed by atoms with Crippen molar-refractivity contribution in [3.63, 3.8) is 0 Å². The number of carbonyl (C=O) groups is 3. The molecule has 0 spiro atoms. The van der Waals surface area contributed by atoms with E-state index in [0.717, 1.165) is 31.1 Å². The SMILES string of the molecule is O=C(CCCC[C@@H]1SC[C@@H]2NC(=O)N[C@@H]21)NCCCCCC(=O)On1c(O)cc(O)c1O. The van der Waals surface area contributed by atoms with E-state index in [0.29, 0.717) is 42.2 Å². The highest BCUT2D eigenvalue weighted by molar-refractivity contribution is 8.00. The van der Waals surface area contributed by atoms with Crippen LogP contribution in [0.3, 0.4) is 0 Å². The van der Waals surface area contributed by atoms with Gasteiger partial charge in [0.2, 0.25) is 11.8 Å². The number of urea groups is 1. The largest absolute Gasteiger partial charge is 0.503 e. The first-order valence-corrected chi connectivity index (χ1v) is 11.9.